The molecule has 0 aliphatic rings. The third-order valence-electron chi connectivity index (χ3n) is 2.45. The third-order valence-corrected chi connectivity index (χ3v) is 2.97. The molecule has 0 radical (unpaired) electrons. The van der Waals surface area contributed by atoms with Gasteiger partial charge in [0.25, 0.3) is 0 Å². The van der Waals surface area contributed by atoms with Gasteiger partial charge in [0, 0.05) is 0 Å². The van der Waals surface area contributed by atoms with Crippen molar-refractivity contribution < 1.29 is 19.1 Å². The number of anilines is 1. The minimum absolute atomic E-state index is 0.0863. The van der Waals surface area contributed by atoms with Gasteiger partial charge in [-0.15, -0.1) is 6.42 Å². The predicted octanol–water partition coefficient (Wildman–Crippen LogP) is -0.265. The summed E-state index contributed by atoms with van der Waals surface area (Å²) in [4.78, 5) is 29.3. The molecule has 9 nitrogen and oxygen atoms in total. The van der Waals surface area contributed by atoms with E-state index in [2.05, 4.69) is 20.9 Å². The lowest BCUT2D eigenvalue weighted by Crippen LogP contribution is -2.14. The monoisotopic (exact) mass is 297 g/mol. The largest absolute Gasteiger partial charge is 0.382 e. The molecule has 0 saturated carbocycles. The van der Waals surface area contributed by atoms with Crippen molar-refractivity contribution in [2.75, 3.05) is 18.7 Å². The summed E-state index contributed by atoms with van der Waals surface area (Å²) in [7, 11) is -4.23. The van der Waals surface area contributed by atoms with Crippen molar-refractivity contribution >= 4 is 24.6 Å². The third kappa shape index (κ3) is 3.12. The van der Waals surface area contributed by atoms with Gasteiger partial charge < -0.3 is 20.3 Å². The highest BCUT2D eigenvalue weighted by Crippen LogP contribution is 2.34. The zero-order valence-electron chi connectivity index (χ0n) is 10.2. The molecule has 0 aliphatic carbocycles. The summed E-state index contributed by atoms with van der Waals surface area (Å²) in [5.41, 5.74) is 6.49. The van der Waals surface area contributed by atoms with Gasteiger partial charge in [-0.1, -0.05) is 5.92 Å². The van der Waals surface area contributed by atoms with E-state index >= 15 is 0 Å². The van der Waals surface area contributed by atoms with Crippen LogP contribution in [-0.2, 0) is 9.30 Å². The average molecular weight is 297 g/mol. The second-order valence-corrected chi connectivity index (χ2v) is 5.52. The molecule has 0 bridgehead atoms. The molecule has 20 heavy (non-hydrogen) atoms. The Labute approximate surface area is 114 Å². The second kappa shape index (κ2) is 5.56. The lowest BCUT2D eigenvalue weighted by molar-refractivity contribution is 0.140. The van der Waals surface area contributed by atoms with Gasteiger partial charge in [0.15, 0.2) is 11.5 Å². The van der Waals surface area contributed by atoms with Crippen LogP contribution in [0.2, 0.25) is 0 Å². The number of terminal acetylenes is 1. The number of hydrogen-bond acceptors (Lipinski definition) is 6. The lowest BCUT2D eigenvalue weighted by atomic mass is 10.3. The average Bonchev–Trinajstić information content (AvgIpc) is 2.79. The highest BCUT2D eigenvalue weighted by Gasteiger charge is 2.18. The van der Waals surface area contributed by atoms with Gasteiger partial charge in [0.2, 0.25) is 0 Å². The summed E-state index contributed by atoms with van der Waals surface area (Å²) in [6.07, 6.45) is 7.41. The van der Waals surface area contributed by atoms with Crippen LogP contribution in [0.25, 0.3) is 11.2 Å². The van der Waals surface area contributed by atoms with Crippen molar-refractivity contribution in [3.8, 4) is 12.3 Å². The predicted molar refractivity (Wildman–Crippen MR) is 70.5 cm³/mol. The maximum absolute atomic E-state index is 10.7. The summed E-state index contributed by atoms with van der Waals surface area (Å²) < 4.78 is 17.2. The molecule has 1 unspecified atom stereocenters. The number of imidazole rings is 1. The molecular formula is C10H12N5O4P. The van der Waals surface area contributed by atoms with Gasteiger partial charge in [-0.3, -0.25) is 9.13 Å². The van der Waals surface area contributed by atoms with Gasteiger partial charge in [-0.2, -0.15) is 0 Å². The molecule has 106 valence electrons. The van der Waals surface area contributed by atoms with Crippen LogP contribution < -0.4 is 5.73 Å². The van der Waals surface area contributed by atoms with Crippen LogP contribution in [0.1, 0.15) is 6.04 Å². The number of nitrogen functional groups attached to an aromatic ring is 1. The van der Waals surface area contributed by atoms with Crippen LogP contribution in [0.5, 0.6) is 0 Å². The molecule has 4 N–H and O–H groups in total. The second-order valence-electron chi connectivity index (χ2n) is 3.93. The first-order chi connectivity index (χ1) is 9.42. The fourth-order valence-corrected chi connectivity index (χ4v) is 1.93. The minimum Gasteiger partial charge on any atom is -0.382 e. The van der Waals surface area contributed by atoms with E-state index in [0.29, 0.717) is 11.2 Å². The summed E-state index contributed by atoms with van der Waals surface area (Å²) in [5, 5.41) is 0. The van der Waals surface area contributed by atoms with E-state index in [4.69, 9.17) is 26.7 Å². The Kier molecular flexibility index (Phi) is 4.01. The van der Waals surface area contributed by atoms with Crippen molar-refractivity contribution in [3.05, 3.63) is 12.7 Å². The topological polar surface area (TPSA) is 136 Å². The minimum atomic E-state index is -4.23. The van der Waals surface area contributed by atoms with Crippen LogP contribution in [0.3, 0.4) is 0 Å². The fourth-order valence-electron chi connectivity index (χ4n) is 1.59. The Morgan fingerprint density at radius 1 is 1.50 bits per heavy atom. The van der Waals surface area contributed by atoms with Crippen molar-refractivity contribution in [1.82, 2.24) is 19.5 Å². The number of hydrogen-bond donors (Lipinski definition) is 3. The standard InChI is InChI=1S/C10H12N5O4P/c1-2-7(3-19-6-20(16,17)18)15-5-14-8-9(11)12-4-13-10(8)15/h1,4-5,7H,3,6H2,(H2,11,12,13)(H2,16,17,18). The first-order valence-electron chi connectivity index (χ1n) is 5.44. The number of fused-ring (bicyclic) bond motifs is 1. The van der Waals surface area contributed by atoms with E-state index in [-0.39, 0.29) is 12.4 Å². The number of nitrogens with two attached hydrogens (primary N) is 1. The van der Waals surface area contributed by atoms with Crippen LogP contribution in [0, 0.1) is 12.3 Å². The number of aromatic nitrogens is 4. The first-order valence-corrected chi connectivity index (χ1v) is 7.23. The molecule has 1 atom stereocenters. The van der Waals surface area contributed by atoms with Gasteiger partial charge in [-0.05, 0) is 0 Å². The van der Waals surface area contributed by atoms with Crippen LogP contribution in [0.15, 0.2) is 12.7 Å². The number of ether oxygens (including phenoxy) is 1. The quantitative estimate of drug-likeness (QED) is 0.507. The molecule has 0 spiro atoms. The Morgan fingerprint density at radius 2 is 2.25 bits per heavy atom. The van der Waals surface area contributed by atoms with Crippen LogP contribution >= 0.6 is 7.60 Å². The molecule has 2 heterocycles. The van der Waals surface area contributed by atoms with E-state index in [1.807, 2.05) is 0 Å². The first kappa shape index (κ1) is 14.4. The summed E-state index contributed by atoms with van der Waals surface area (Å²) >= 11 is 0. The molecule has 2 rings (SSSR count). The zero-order chi connectivity index (χ0) is 14.8. The Morgan fingerprint density at radius 3 is 2.90 bits per heavy atom. The van der Waals surface area contributed by atoms with E-state index in [1.165, 1.54) is 17.2 Å². The molecule has 0 fully saturated rings. The highest BCUT2D eigenvalue weighted by molar-refractivity contribution is 7.51. The van der Waals surface area contributed by atoms with Gasteiger partial charge in [-0.25, -0.2) is 15.0 Å². The van der Waals surface area contributed by atoms with E-state index in [1.54, 1.807) is 0 Å². The van der Waals surface area contributed by atoms with Crippen molar-refractivity contribution in [2.24, 2.45) is 0 Å². The fraction of sp³-hybridized carbons (Fsp3) is 0.300. The van der Waals surface area contributed by atoms with E-state index < -0.39 is 20.0 Å². The molecular weight excluding hydrogens is 285 g/mol. The van der Waals surface area contributed by atoms with Crippen molar-refractivity contribution in [3.63, 3.8) is 0 Å². The molecule has 0 aromatic carbocycles. The Balaban J connectivity index is 2.21. The van der Waals surface area contributed by atoms with E-state index in [9.17, 15) is 4.57 Å². The summed E-state index contributed by atoms with van der Waals surface area (Å²) in [5.74, 6) is 2.67. The SMILES string of the molecule is C#CC(COCP(=O)(O)O)n1cnc2c(N)ncnc21. The smallest absolute Gasteiger partial charge is 0.350 e. The van der Waals surface area contributed by atoms with Crippen molar-refractivity contribution in [1.29, 1.82) is 0 Å². The maximum Gasteiger partial charge on any atom is 0.350 e. The molecule has 2 aromatic heterocycles. The zero-order valence-corrected chi connectivity index (χ0v) is 11.1. The summed E-state index contributed by atoms with van der Waals surface area (Å²) in [6, 6.07) is -0.610. The van der Waals surface area contributed by atoms with Gasteiger partial charge in [0.1, 0.15) is 24.2 Å². The Hall–Kier alpha value is -1.98. The Bertz CT molecular complexity index is 703. The molecule has 0 saturated heterocycles. The number of nitrogens with zero attached hydrogens (tertiary/aromatic N) is 4. The number of rotatable bonds is 5. The van der Waals surface area contributed by atoms with Crippen LogP contribution in [-0.4, -0.2) is 42.3 Å². The van der Waals surface area contributed by atoms with Crippen molar-refractivity contribution in [2.45, 2.75) is 6.04 Å². The molecule has 2 aromatic rings. The van der Waals surface area contributed by atoms with E-state index in [0.717, 1.165) is 0 Å². The normalized spacial score (nSPS) is 13.2. The molecule has 0 amide bonds. The summed E-state index contributed by atoms with van der Waals surface area (Å²) in [6.45, 7) is -0.0863. The molecule has 0 aliphatic heterocycles. The van der Waals surface area contributed by atoms with Gasteiger partial charge >= 0.3 is 7.60 Å². The molecule has 10 heteroatoms. The highest BCUT2D eigenvalue weighted by atomic mass is 31.2. The van der Waals surface area contributed by atoms with Crippen LogP contribution in [0.4, 0.5) is 5.82 Å². The maximum atomic E-state index is 10.7. The lowest BCUT2D eigenvalue weighted by Gasteiger charge is -2.13. The van der Waals surface area contributed by atoms with Gasteiger partial charge in [0.05, 0.1) is 12.9 Å².